The molecule has 5 heteroatoms. The Morgan fingerprint density at radius 2 is 2.08 bits per heavy atom. The molecule has 5 nitrogen and oxygen atoms in total. The number of primary amides is 1. The summed E-state index contributed by atoms with van der Waals surface area (Å²) in [6, 6.07) is -0.595. The predicted octanol–water partition coefficient (Wildman–Crippen LogP) is -0.758. The molecule has 0 radical (unpaired) electrons. The molecule has 1 amide bonds. The number of ether oxygens (including phenoxy) is 2. The first-order valence-corrected chi connectivity index (χ1v) is 4.30. The summed E-state index contributed by atoms with van der Waals surface area (Å²) in [5.41, 5.74) is 10.3. The molecular weight excluding hydrogens is 172 g/mol. The van der Waals surface area contributed by atoms with Crippen molar-refractivity contribution in [1.29, 1.82) is 0 Å². The van der Waals surface area contributed by atoms with Crippen LogP contribution < -0.4 is 11.5 Å². The Balaban J connectivity index is 3.11. The lowest BCUT2D eigenvalue weighted by Crippen LogP contribution is -2.37. The molecule has 0 spiro atoms. The molecule has 0 heterocycles. The minimum Gasteiger partial charge on any atom is -0.385 e. The van der Waals surface area contributed by atoms with Gasteiger partial charge in [0, 0.05) is 26.9 Å². The number of rotatable bonds is 8. The van der Waals surface area contributed by atoms with Crippen molar-refractivity contribution in [2.45, 2.75) is 18.9 Å². The van der Waals surface area contributed by atoms with Gasteiger partial charge >= 0.3 is 0 Å². The van der Waals surface area contributed by atoms with E-state index in [1.165, 1.54) is 0 Å². The van der Waals surface area contributed by atoms with E-state index in [-0.39, 0.29) is 0 Å². The van der Waals surface area contributed by atoms with Gasteiger partial charge < -0.3 is 20.9 Å². The molecule has 4 N–H and O–H groups in total. The first-order valence-electron chi connectivity index (χ1n) is 4.30. The fourth-order valence-electron chi connectivity index (χ4n) is 0.760. The third kappa shape index (κ3) is 7.70. The number of carbonyl (C=O) groups excluding carboxylic acids is 1. The standard InChI is InChI=1S/C8H18N2O3/c1-12-4-2-5-13-6-3-7(9)8(10)11/h7H,2-6,9H2,1H3,(H2,10,11). The second-order valence-electron chi connectivity index (χ2n) is 2.76. The highest BCUT2D eigenvalue weighted by Crippen LogP contribution is 1.90. The van der Waals surface area contributed by atoms with E-state index in [4.69, 9.17) is 20.9 Å². The predicted molar refractivity (Wildman–Crippen MR) is 49.1 cm³/mol. The van der Waals surface area contributed by atoms with Crippen molar-refractivity contribution in [3.63, 3.8) is 0 Å². The Labute approximate surface area is 78.4 Å². The van der Waals surface area contributed by atoms with E-state index in [1.54, 1.807) is 7.11 Å². The maximum absolute atomic E-state index is 10.5. The van der Waals surface area contributed by atoms with Gasteiger partial charge in [0.2, 0.25) is 5.91 Å². The lowest BCUT2D eigenvalue weighted by Gasteiger charge is -2.07. The molecule has 0 aliphatic carbocycles. The van der Waals surface area contributed by atoms with E-state index in [0.717, 1.165) is 6.42 Å². The van der Waals surface area contributed by atoms with E-state index in [1.807, 2.05) is 0 Å². The first-order chi connectivity index (χ1) is 6.18. The number of methoxy groups -OCH3 is 1. The monoisotopic (exact) mass is 190 g/mol. The van der Waals surface area contributed by atoms with E-state index >= 15 is 0 Å². The quantitative estimate of drug-likeness (QED) is 0.492. The molecular formula is C8H18N2O3. The molecule has 0 aliphatic rings. The normalized spacial score (nSPS) is 12.8. The smallest absolute Gasteiger partial charge is 0.234 e. The number of hydrogen-bond acceptors (Lipinski definition) is 4. The van der Waals surface area contributed by atoms with E-state index in [0.29, 0.717) is 26.2 Å². The van der Waals surface area contributed by atoms with Crippen molar-refractivity contribution in [1.82, 2.24) is 0 Å². The van der Waals surface area contributed by atoms with Crippen LogP contribution in [0.25, 0.3) is 0 Å². The van der Waals surface area contributed by atoms with Gasteiger partial charge in [-0.05, 0) is 12.8 Å². The average Bonchev–Trinajstić information content (AvgIpc) is 2.10. The molecule has 1 unspecified atom stereocenters. The van der Waals surface area contributed by atoms with Gasteiger partial charge in [-0.2, -0.15) is 0 Å². The van der Waals surface area contributed by atoms with Crippen LogP contribution in [0.1, 0.15) is 12.8 Å². The summed E-state index contributed by atoms with van der Waals surface area (Å²) in [5, 5.41) is 0. The highest BCUT2D eigenvalue weighted by molar-refractivity contribution is 5.79. The summed E-state index contributed by atoms with van der Waals surface area (Å²) in [4.78, 5) is 10.5. The molecule has 0 aromatic heterocycles. The highest BCUT2D eigenvalue weighted by atomic mass is 16.5. The molecule has 0 fully saturated rings. The van der Waals surface area contributed by atoms with E-state index in [2.05, 4.69) is 0 Å². The maximum Gasteiger partial charge on any atom is 0.234 e. The van der Waals surface area contributed by atoms with Gasteiger partial charge in [-0.3, -0.25) is 4.79 Å². The fraction of sp³-hybridized carbons (Fsp3) is 0.875. The highest BCUT2D eigenvalue weighted by Gasteiger charge is 2.07. The summed E-state index contributed by atoms with van der Waals surface area (Å²) in [7, 11) is 1.64. The molecule has 0 rings (SSSR count). The SMILES string of the molecule is COCCCOCCC(N)C(N)=O. The number of nitrogens with two attached hydrogens (primary N) is 2. The molecule has 0 saturated carbocycles. The summed E-state index contributed by atoms with van der Waals surface area (Å²) in [5.74, 6) is -0.486. The van der Waals surface area contributed by atoms with Gasteiger partial charge in [0.05, 0.1) is 6.04 Å². The zero-order valence-electron chi connectivity index (χ0n) is 7.99. The van der Waals surface area contributed by atoms with Crippen molar-refractivity contribution in [3.05, 3.63) is 0 Å². The Hall–Kier alpha value is -0.650. The molecule has 0 saturated heterocycles. The van der Waals surface area contributed by atoms with E-state index < -0.39 is 11.9 Å². The molecule has 0 aromatic carbocycles. The Kier molecular flexibility index (Phi) is 7.57. The molecule has 0 bridgehead atoms. The molecule has 1 atom stereocenters. The number of carbonyl (C=O) groups is 1. The third-order valence-electron chi connectivity index (χ3n) is 1.58. The summed E-state index contributed by atoms with van der Waals surface area (Å²) < 4.78 is 10.0. The van der Waals surface area contributed by atoms with Crippen LogP contribution in [0.5, 0.6) is 0 Å². The summed E-state index contributed by atoms with van der Waals surface area (Å²) in [6.07, 6.45) is 1.32. The van der Waals surface area contributed by atoms with Crippen molar-refractivity contribution in [2.75, 3.05) is 26.9 Å². The largest absolute Gasteiger partial charge is 0.385 e. The summed E-state index contributed by atoms with van der Waals surface area (Å²) >= 11 is 0. The Morgan fingerprint density at radius 3 is 2.62 bits per heavy atom. The second kappa shape index (κ2) is 7.97. The van der Waals surface area contributed by atoms with E-state index in [9.17, 15) is 4.79 Å². The summed E-state index contributed by atoms with van der Waals surface area (Å²) in [6.45, 7) is 1.77. The average molecular weight is 190 g/mol. The minimum atomic E-state index is -0.595. The van der Waals surface area contributed by atoms with Crippen LogP contribution in [0.3, 0.4) is 0 Å². The van der Waals surface area contributed by atoms with Gasteiger partial charge in [0.15, 0.2) is 0 Å². The topological polar surface area (TPSA) is 87.6 Å². The van der Waals surface area contributed by atoms with Crippen molar-refractivity contribution in [3.8, 4) is 0 Å². The van der Waals surface area contributed by atoms with Crippen LogP contribution >= 0.6 is 0 Å². The first kappa shape index (κ1) is 12.3. The van der Waals surface area contributed by atoms with Crippen LogP contribution in [0, 0.1) is 0 Å². The Bertz CT molecular complexity index is 141. The lowest BCUT2D eigenvalue weighted by atomic mass is 10.2. The lowest BCUT2D eigenvalue weighted by molar-refractivity contribution is -0.119. The van der Waals surface area contributed by atoms with Gasteiger partial charge in [-0.25, -0.2) is 0 Å². The van der Waals surface area contributed by atoms with Gasteiger partial charge in [-0.15, -0.1) is 0 Å². The number of amides is 1. The van der Waals surface area contributed by atoms with Gasteiger partial charge in [-0.1, -0.05) is 0 Å². The van der Waals surface area contributed by atoms with Gasteiger partial charge in [0.25, 0.3) is 0 Å². The zero-order chi connectivity index (χ0) is 10.1. The van der Waals surface area contributed by atoms with Crippen molar-refractivity contribution < 1.29 is 14.3 Å². The van der Waals surface area contributed by atoms with Gasteiger partial charge in [0.1, 0.15) is 0 Å². The van der Waals surface area contributed by atoms with Crippen LogP contribution in [-0.4, -0.2) is 38.9 Å². The van der Waals surface area contributed by atoms with Crippen LogP contribution in [0.4, 0.5) is 0 Å². The Morgan fingerprint density at radius 1 is 1.38 bits per heavy atom. The van der Waals surface area contributed by atoms with Crippen LogP contribution in [0.2, 0.25) is 0 Å². The number of hydrogen-bond donors (Lipinski definition) is 2. The third-order valence-corrected chi connectivity index (χ3v) is 1.58. The molecule has 0 aromatic rings. The molecule has 0 aliphatic heterocycles. The molecule has 13 heavy (non-hydrogen) atoms. The minimum absolute atomic E-state index is 0.466. The zero-order valence-corrected chi connectivity index (χ0v) is 7.99. The van der Waals surface area contributed by atoms with Crippen LogP contribution in [0.15, 0.2) is 0 Å². The molecule has 78 valence electrons. The van der Waals surface area contributed by atoms with Crippen molar-refractivity contribution in [2.24, 2.45) is 11.5 Å². The maximum atomic E-state index is 10.5. The fourth-order valence-corrected chi connectivity index (χ4v) is 0.760. The van der Waals surface area contributed by atoms with Crippen LogP contribution in [-0.2, 0) is 14.3 Å². The second-order valence-corrected chi connectivity index (χ2v) is 2.76. The van der Waals surface area contributed by atoms with Crippen molar-refractivity contribution >= 4 is 5.91 Å².